The van der Waals surface area contributed by atoms with Crippen LogP contribution in [-0.2, 0) is 19.2 Å². The van der Waals surface area contributed by atoms with E-state index in [1.807, 2.05) is 13.8 Å². The molecule has 0 amide bonds. The Morgan fingerprint density at radius 1 is 0.722 bits per heavy atom. The molecule has 0 fully saturated rings. The fourth-order valence-corrected chi connectivity index (χ4v) is 0.405. The molecule has 108 valence electrons. The number of rotatable bonds is 6. The van der Waals surface area contributed by atoms with Crippen LogP contribution < -0.4 is 0 Å². The highest BCUT2D eigenvalue weighted by Gasteiger charge is 1.75. The molecule has 0 spiro atoms. The third kappa shape index (κ3) is 125. The highest BCUT2D eigenvalue weighted by molar-refractivity contribution is 5.49. The molecule has 0 aromatic rings. The number of unbranched alkanes of at least 4 members (excludes halogenated alkanes) is 3. The van der Waals surface area contributed by atoms with Crippen molar-refractivity contribution in [1.82, 2.24) is 0 Å². The summed E-state index contributed by atoms with van der Waals surface area (Å²) in [4.78, 5) is 36.9. The van der Waals surface area contributed by atoms with Crippen molar-refractivity contribution in [3.8, 4) is 0 Å². The van der Waals surface area contributed by atoms with Crippen LogP contribution in [-0.4, -0.2) is 25.1 Å². The summed E-state index contributed by atoms with van der Waals surface area (Å²) in [7, 11) is 0. The molecule has 0 unspecified atom stereocenters. The van der Waals surface area contributed by atoms with Crippen molar-refractivity contribution in [3.05, 3.63) is 0 Å². The summed E-state index contributed by atoms with van der Waals surface area (Å²) >= 11 is 0. The fourth-order valence-electron chi connectivity index (χ4n) is 0.405. The Morgan fingerprint density at radius 3 is 1.17 bits per heavy atom. The molecule has 0 heterocycles. The van der Waals surface area contributed by atoms with Gasteiger partial charge in [-0.25, -0.2) is 0 Å². The quantitative estimate of drug-likeness (QED) is 0.543. The van der Waals surface area contributed by atoms with Gasteiger partial charge in [0, 0.05) is 19.3 Å². The van der Waals surface area contributed by atoms with Crippen LogP contribution in [0.15, 0.2) is 0 Å². The predicted octanol–water partition coefficient (Wildman–Crippen LogP) is 3.16. The van der Waals surface area contributed by atoms with E-state index in [1.54, 1.807) is 0 Å². The lowest BCUT2D eigenvalue weighted by Gasteiger charge is -1.79. The van der Waals surface area contributed by atoms with Gasteiger partial charge < -0.3 is 19.2 Å². The van der Waals surface area contributed by atoms with E-state index >= 15 is 0 Å². The number of aldehydes is 4. The minimum atomic E-state index is 0.639. The average molecular weight is 260 g/mol. The molecule has 0 saturated heterocycles. The summed E-state index contributed by atoms with van der Waals surface area (Å²) in [5.74, 6) is 0. The van der Waals surface area contributed by atoms with Gasteiger partial charge in [-0.15, -0.1) is 0 Å². The zero-order valence-electron chi connectivity index (χ0n) is 12.2. The maximum atomic E-state index is 9.56. The first-order chi connectivity index (χ1) is 8.66. The lowest BCUT2D eigenvalue weighted by Crippen LogP contribution is -1.70. The first-order valence-corrected chi connectivity index (χ1v) is 6.37. The molecule has 0 rings (SSSR count). The maximum absolute atomic E-state index is 9.56. The van der Waals surface area contributed by atoms with E-state index in [0.29, 0.717) is 12.8 Å². The molecule has 0 bridgehead atoms. The smallest absolute Gasteiger partial charge is 0.119 e. The van der Waals surface area contributed by atoms with Gasteiger partial charge in [0.15, 0.2) is 0 Å². The van der Waals surface area contributed by atoms with Gasteiger partial charge in [0.05, 0.1) is 0 Å². The Morgan fingerprint density at radius 2 is 1.11 bits per heavy atom. The monoisotopic (exact) mass is 260 g/mol. The van der Waals surface area contributed by atoms with Crippen molar-refractivity contribution in [3.63, 3.8) is 0 Å². The van der Waals surface area contributed by atoms with Crippen molar-refractivity contribution in [2.24, 2.45) is 0 Å². The molecular formula is C14H28O4. The summed E-state index contributed by atoms with van der Waals surface area (Å²) in [5.41, 5.74) is 0. The van der Waals surface area contributed by atoms with Crippen molar-refractivity contribution < 1.29 is 19.2 Å². The van der Waals surface area contributed by atoms with Crippen LogP contribution in [0.2, 0.25) is 0 Å². The Hall–Kier alpha value is -1.32. The van der Waals surface area contributed by atoms with Gasteiger partial charge in [-0.1, -0.05) is 27.2 Å². The van der Waals surface area contributed by atoms with Crippen molar-refractivity contribution in [1.29, 1.82) is 0 Å². The third-order valence-electron chi connectivity index (χ3n) is 1.25. The lowest BCUT2D eigenvalue weighted by atomic mass is 10.3. The number of hydrogen-bond donors (Lipinski definition) is 0. The van der Waals surface area contributed by atoms with Crippen LogP contribution >= 0.6 is 0 Å². The van der Waals surface area contributed by atoms with E-state index in [-0.39, 0.29) is 0 Å². The summed E-state index contributed by atoms with van der Waals surface area (Å²) in [6.07, 6.45) is 8.74. The van der Waals surface area contributed by atoms with E-state index in [1.165, 1.54) is 6.92 Å². The molecule has 4 heteroatoms. The predicted molar refractivity (Wildman–Crippen MR) is 74.7 cm³/mol. The fraction of sp³-hybridized carbons (Fsp3) is 0.714. The highest BCUT2D eigenvalue weighted by atomic mass is 16.1. The molecule has 0 saturated carbocycles. The number of hydrogen-bond acceptors (Lipinski definition) is 4. The molecule has 0 aliphatic heterocycles. The second kappa shape index (κ2) is 44.8. The largest absolute Gasteiger partial charge is 0.304 e. The van der Waals surface area contributed by atoms with E-state index in [2.05, 4.69) is 6.92 Å². The second-order valence-corrected chi connectivity index (χ2v) is 3.07. The number of carbonyl (C=O) groups excluding carboxylic acids is 4. The van der Waals surface area contributed by atoms with Crippen molar-refractivity contribution >= 4 is 25.1 Å². The molecule has 0 aliphatic carbocycles. The van der Waals surface area contributed by atoms with Crippen LogP contribution in [0.5, 0.6) is 0 Å². The maximum Gasteiger partial charge on any atom is 0.119 e. The van der Waals surface area contributed by atoms with Gasteiger partial charge in [0.1, 0.15) is 25.1 Å². The Kier molecular flexibility index (Phi) is 63.6. The summed E-state index contributed by atoms with van der Waals surface area (Å²) in [5, 5.41) is 0. The van der Waals surface area contributed by atoms with Gasteiger partial charge in [-0.05, 0) is 19.8 Å². The SMILES string of the molecule is CC=O.CCC=O.CCCC=O.CCCCC=O. The normalized spacial score (nSPS) is 6.89. The molecule has 0 aromatic carbocycles. The molecule has 0 radical (unpaired) electrons. The van der Waals surface area contributed by atoms with Gasteiger partial charge in [-0.2, -0.15) is 0 Å². The Bertz CT molecular complexity index is 156. The standard InChI is InChI=1S/C5H10O.C4H8O.C3H6O.C2H4O/c1-2-3-4-5-6;1-2-3-4-5;1-2-3-4;1-2-3/h5H,2-4H2,1H3;4H,2-3H2,1H3;3H,2H2,1H3;2H,1H3. The molecule has 0 atom stereocenters. The van der Waals surface area contributed by atoms with Crippen LogP contribution in [0.1, 0.15) is 66.2 Å². The summed E-state index contributed by atoms with van der Waals surface area (Å²) in [6.45, 7) is 7.31. The van der Waals surface area contributed by atoms with Crippen molar-refractivity contribution in [2.45, 2.75) is 66.2 Å². The van der Waals surface area contributed by atoms with Gasteiger partial charge >= 0.3 is 0 Å². The lowest BCUT2D eigenvalue weighted by molar-refractivity contribution is -0.108. The van der Waals surface area contributed by atoms with E-state index in [4.69, 9.17) is 4.79 Å². The van der Waals surface area contributed by atoms with E-state index in [9.17, 15) is 14.4 Å². The van der Waals surface area contributed by atoms with Crippen LogP contribution in [0.25, 0.3) is 0 Å². The molecule has 4 nitrogen and oxygen atoms in total. The molecule has 0 N–H and O–H groups in total. The average Bonchev–Trinajstić information content (AvgIpc) is 2.39. The summed E-state index contributed by atoms with van der Waals surface area (Å²) in [6, 6.07) is 0. The van der Waals surface area contributed by atoms with Crippen LogP contribution in [0.4, 0.5) is 0 Å². The van der Waals surface area contributed by atoms with Gasteiger partial charge in [0.2, 0.25) is 0 Å². The minimum absolute atomic E-state index is 0.639. The molecule has 18 heavy (non-hydrogen) atoms. The second-order valence-electron chi connectivity index (χ2n) is 3.07. The van der Waals surface area contributed by atoms with Crippen LogP contribution in [0.3, 0.4) is 0 Å². The van der Waals surface area contributed by atoms with Crippen LogP contribution in [0, 0.1) is 0 Å². The molecule has 0 aliphatic rings. The zero-order chi connectivity index (χ0) is 15.1. The van der Waals surface area contributed by atoms with Crippen molar-refractivity contribution in [2.75, 3.05) is 0 Å². The Labute approximate surface area is 111 Å². The van der Waals surface area contributed by atoms with Gasteiger partial charge in [0.25, 0.3) is 0 Å². The minimum Gasteiger partial charge on any atom is -0.304 e. The first-order valence-electron chi connectivity index (χ1n) is 6.37. The first kappa shape index (κ1) is 25.5. The topological polar surface area (TPSA) is 68.3 Å². The van der Waals surface area contributed by atoms with E-state index < -0.39 is 0 Å². The van der Waals surface area contributed by atoms with Gasteiger partial charge in [-0.3, -0.25) is 0 Å². The molecule has 0 aromatic heterocycles. The number of carbonyl (C=O) groups is 4. The Balaban J connectivity index is -0.0000000750. The van der Waals surface area contributed by atoms with E-state index in [0.717, 1.165) is 50.8 Å². The summed E-state index contributed by atoms with van der Waals surface area (Å²) < 4.78 is 0. The molecular weight excluding hydrogens is 232 g/mol. The third-order valence-corrected chi connectivity index (χ3v) is 1.25. The zero-order valence-corrected chi connectivity index (χ0v) is 12.2. The highest BCUT2D eigenvalue weighted by Crippen LogP contribution is 1.87.